The zero-order valence-corrected chi connectivity index (χ0v) is 21.2. The number of likely N-dealkylation sites (tertiary alicyclic amines) is 1. The number of amides is 2. The SMILES string of the molecule is CC1(C)CN(C(=O)C(C)(C)C(C)(C)NC(=O)OCC2c3ccccc3-c3ccccc32)C1C(=O)O. The van der Waals surface area contributed by atoms with Gasteiger partial charge in [0.15, 0.2) is 0 Å². The highest BCUT2D eigenvalue weighted by Crippen LogP contribution is 2.45. The van der Waals surface area contributed by atoms with Gasteiger partial charge in [0.2, 0.25) is 5.91 Å². The Morgan fingerprint density at radius 2 is 1.51 bits per heavy atom. The van der Waals surface area contributed by atoms with Gasteiger partial charge in [0.1, 0.15) is 12.6 Å². The summed E-state index contributed by atoms with van der Waals surface area (Å²) in [5.41, 5.74) is 1.98. The minimum absolute atomic E-state index is 0.0643. The van der Waals surface area contributed by atoms with Crippen molar-refractivity contribution in [3.63, 3.8) is 0 Å². The van der Waals surface area contributed by atoms with Gasteiger partial charge in [-0.05, 0) is 49.9 Å². The Morgan fingerprint density at radius 1 is 1.00 bits per heavy atom. The number of carbonyl (C=O) groups excluding carboxylic acids is 2. The molecule has 2 aliphatic rings. The Balaban J connectivity index is 1.44. The van der Waals surface area contributed by atoms with Crippen molar-refractivity contribution < 1.29 is 24.2 Å². The minimum atomic E-state index is -1.07. The van der Waals surface area contributed by atoms with Crippen LogP contribution in [0, 0.1) is 10.8 Å². The molecule has 2 aromatic rings. The molecular weight excluding hydrogens is 444 g/mol. The topological polar surface area (TPSA) is 95.9 Å². The number of aliphatic carboxylic acids is 1. The third kappa shape index (κ3) is 4.07. The summed E-state index contributed by atoms with van der Waals surface area (Å²) in [6, 6.07) is 15.3. The van der Waals surface area contributed by atoms with E-state index in [9.17, 15) is 19.5 Å². The quantitative estimate of drug-likeness (QED) is 0.630. The second kappa shape index (κ2) is 8.40. The first-order valence-corrected chi connectivity index (χ1v) is 11.9. The number of benzene rings is 2. The third-order valence-corrected chi connectivity index (χ3v) is 7.98. The first-order chi connectivity index (χ1) is 16.3. The molecule has 7 heteroatoms. The lowest BCUT2D eigenvalue weighted by Crippen LogP contribution is -2.71. The first-order valence-electron chi connectivity index (χ1n) is 11.9. The summed E-state index contributed by atoms with van der Waals surface area (Å²) in [5, 5.41) is 12.5. The van der Waals surface area contributed by atoms with Crippen molar-refractivity contribution in [2.24, 2.45) is 10.8 Å². The van der Waals surface area contributed by atoms with Gasteiger partial charge in [-0.1, -0.05) is 62.4 Å². The lowest BCUT2D eigenvalue weighted by molar-refractivity contribution is -0.179. The van der Waals surface area contributed by atoms with Crippen molar-refractivity contribution in [1.29, 1.82) is 0 Å². The Labute approximate surface area is 206 Å². The summed E-state index contributed by atoms with van der Waals surface area (Å²) >= 11 is 0. The first kappa shape index (κ1) is 24.8. The van der Waals surface area contributed by atoms with E-state index in [0.29, 0.717) is 6.54 Å². The summed E-state index contributed by atoms with van der Waals surface area (Å²) in [4.78, 5) is 39.4. The zero-order chi connectivity index (χ0) is 25.8. The van der Waals surface area contributed by atoms with Crippen LogP contribution in [0.3, 0.4) is 0 Å². The molecule has 1 saturated heterocycles. The van der Waals surface area contributed by atoms with E-state index in [-0.39, 0.29) is 18.4 Å². The van der Waals surface area contributed by atoms with Crippen LogP contribution in [0.1, 0.15) is 58.6 Å². The molecule has 0 spiro atoms. The standard InChI is InChI=1S/C28H34N2O5/c1-26(2)16-30(22(26)23(31)32)24(33)27(3,4)28(5,6)29-25(34)35-15-21-19-13-9-7-11-17(19)18-12-8-10-14-20(18)21/h7-14,21-22H,15-16H2,1-6H3,(H,29,34)(H,31,32). The Kier molecular flexibility index (Phi) is 5.94. The molecule has 0 aromatic heterocycles. The van der Waals surface area contributed by atoms with Gasteiger partial charge in [-0.2, -0.15) is 0 Å². The van der Waals surface area contributed by atoms with Crippen molar-refractivity contribution in [3.05, 3.63) is 59.7 Å². The van der Waals surface area contributed by atoms with Gasteiger partial charge in [-0.15, -0.1) is 0 Å². The zero-order valence-electron chi connectivity index (χ0n) is 21.2. The molecule has 1 fully saturated rings. The van der Waals surface area contributed by atoms with Gasteiger partial charge in [-0.3, -0.25) is 4.79 Å². The Bertz CT molecular complexity index is 1140. The van der Waals surface area contributed by atoms with Crippen LogP contribution in [-0.2, 0) is 14.3 Å². The van der Waals surface area contributed by atoms with E-state index in [1.807, 2.05) is 38.1 Å². The number of nitrogens with one attached hydrogen (secondary N) is 1. The van der Waals surface area contributed by atoms with Crippen molar-refractivity contribution in [1.82, 2.24) is 10.2 Å². The van der Waals surface area contributed by atoms with Crippen LogP contribution in [0.5, 0.6) is 0 Å². The predicted molar refractivity (Wildman–Crippen MR) is 133 cm³/mol. The molecule has 2 N–H and O–H groups in total. The highest BCUT2D eigenvalue weighted by atomic mass is 16.5. The van der Waals surface area contributed by atoms with E-state index in [2.05, 4.69) is 29.6 Å². The molecular formula is C28H34N2O5. The maximum absolute atomic E-state index is 13.4. The second-order valence-corrected chi connectivity index (χ2v) is 11.4. The van der Waals surface area contributed by atoms with E-state index < -0.39 is 34.5 Å². The predicted octanol–water partition coefficient (Wildman–Crippen LogP) is 4.65. The van der Waals surface area contributed by atoms with Crippen LogP contribution >= 0.6 is 0 Å². The lowest BCUT2D eigenvalue weighted by atomic mass is 9.69. The summed E-state index contributed by atoms with van der Waals surface area (Å²) in [5.74, 6) is -1.40. The largest absolute Gasteiger partial charge is 0.480 e. The summed E-state index contributed by atoms with van der Waals surface area (Å²) < 4.78 is 5.67. The number of fused-ring (bicyclic) bond motifs is 3. The molecule has 0 radical (unpaired) electrons. The fourth-order valence-electron chi connectivity index (χ4n) is 5.26. The van der Waals surface area contributed by atoms with Crippen LogP contribution in [0.25, 0.3) is 11.1 Å². The smallest absolute Gasteiger partial charge is 0.407 e. The highest BCUT2D eigenvalue weighted by Gasteiger charge is 2.57. The van der Waals surface area contributed by atoms with Gasteiger partial charge in [0.05, 0.1) is 11.0 Å². The van der Waals surface area contributed by atoms with E-state index in [1.165, 1.54) is 4.90 Å². The maximum Gasteiger partial charge on any atom is 0.407 e. The fraction of sp³-hybridized carbons (Fsp3) is 0.464. The molecule has 1 aliphatic carbocycles. The fourth-order valence-corrected chi connectivity index (χ4v) is 5.26. The number of carboxylic acid groups (broad SMARTS) is 1. The number of rotatable bonds is 6. The molecule has 0 bridgehead atoms. The Hall–Kier alpha value is -3.35. The minimum Gasteiger partial charge on any atom is -0.480 e. The van der Waals surface area contributed by atoms with E-state index >= 15 is 0 Å². The van der Waals surface area contributed by atoms with Crippen LogP contribution in [-0.4, -0.2) is 52.7 Å². The van der Waals surface area contributed by atoms with Crippen molar-refractivity contribution >= 4 is 18.0 Å². The third-order valence-electron chi connectivity index (χ3n) is 7.98. The number of hydrogen-bond acceptors (Lipinski definition) is 4. The number of nitrogens with zero attached hydrogens (tertiary/aromatic N) is 1. The molecule has 1 heterocycles. The summed E-state index contributed by atoms with van der Waals surface area (Å²) in [7, 11) is 0. The second-order valence-electron chi connectivity index (χ2n) is 11.4. The summed E-state index contributed by atoms with van der Waals surface area (Å²) in [6.45, 7) is 11.2. The molecule has 1 unspecified atom stereocenters. The number of hydrogen-bond donors (Lipinski definition) is 2. The average molecular weight is 479 g/mol. The van der Waals surface area contributed by atoms with Gasteiger partial charge < -0.3 is 20.1 Å². The van der Waals surface area contributed by atoms with Gasteiger partial charge >= 0.3 is 12.1 Å². The number of carboxylic acids is 1. The van der Waals surface area contributed by atoms with E-state index in [0.717, 1.165) is 22.3 Å². The molecule has 2 aromatic carbocycles. The normalized spacial score (nSPS) is 18.8. The lowest BCUT2D eigenvalue weighted by Gasteiger charge is -2.55. The van der Waals surface area contributed by atoms with Gasteiger partial charge in [-0.25, -0.2) is 9.59 Å². The van der Waals surface area contributed by atoms with Crippen molar-refractivity contribution in [3.8, 4) is 11.1 Å². The summed E-state index contributed by atoms with van der Waals surface area (Å²) in [6.07, 6.45) is -0.614. The van der Waals surface area contributed by atoms with Crippen LogP contribution in [0.4, 0.5) is 4.79 Å². The average Bonchev–Trinajstić information content (AvgIpc) is 3.08. The molecule has 1 aliphatic heterocycles. The van der Waals surface area contributed by atoms with Gasteiger partial charge in [0.25, 0.3) is 0 Å². The number of alkyl carbamates (subject to hydrolysis) is 1. The van der Waals surface area contributed by atoms with Crippen molar-refractivity contribution in [2.45, 2.75) is 59.0 Å². The number of ether oxygens (including phenoxy) is 1. The Morgan fingerprint density at radius 3 is 2.00 bits per heavy atom. The molecule has 186 valence electrons. The van der Waals surface area contributed by atoms with Gasteiger partial charge in [0, 0.05) is 17.9 Å². The van der Waals surface area contributed by atoms with Crippen LogP contribution < -0.4 is 5.32 Å². The molecule has 35 heavy (non-hydrogen) atoms. The van der Waals surface area contributed by atoms with Crippen LogP contribution in [0.15, 0.2) is 48.5 Å². The monoisotopic (exact) mass is 478 g/mol. The van der Waals surface area contributed by atoms with Crippen molar-refractivity contribution in [2.75, 3.05) is 13.2 Å². The molecule has 0 saturated carbocycles. The molecule has 4 rings (SSSR count). The van der Waals surface area contributed by atoms with E-state index in [4.69, 9.17) is 4.74 Å². The number of carbonyl (C=O) groups is 3. The van der Waals surface area contributed by atoms with E-state index in [1.54, 1.807) is 27.7 Å². The highest BCUT2D eigenvalue weighted by molar-refractivity contribution is 5.91. The molecule has 1 atom stereocenters. The molecule has 2 amide bonds. The maximum atomic E-state index is 13.4. The van der Waals surface area contributed by atoms with Crippen LogP contribution in [0.2, 0.25) is 0 Å². The molecule has 7 nitrogen and oxygen atoms in total.